The summed E-state index contributed by atoms with van der Waals surface area (Å²) in [6.07, 6.45) is 1.47. The van der Waals surface area contributed by atoms with Gasteiger partial charge >= 0.3 is 5.69 Å². The van der Waals surface area contributed by atoms with Crippen molar-refractivity contribution in [2.45, 2.75) is 13.1 Å². The third-order valence-corrected chi connectivity index (χ3v) is 5.27. The molecule has 0 aliphatic rings. The molecule has 0 unspecified atom stereocenters. The van der Waals surface area contributed by atoms with Gasteiger partial charge in [0.2, 0.25) is 5.91 Å². The fourth-order valence-electron chi connectivity index (χ4n) is 2.89. The van der Waals surface area contributed by atoms with Crippen molar-refractivity contribution in [2.75, 3.05) is 5.32 Å². The van der Waals surface area contributed by atoms with Crippen LogP contribution in [0, 0.1) is 0 Å². The number of hydrogen-bond acceptors (Lipinski definition) is 5. The highest BCUT2D eigenvalue weighted by Gasteiger charge is 2.17. The van der Waals surface area contributed by atoms with E-state index in [0.29, 0.717) is 26.7 Å². The summed E-state index contributed by atoms with van der Waals surface area (Å²) in [5, 5.41) is 4.91. The molecule has 0 aliphatic carbocycles. The van der Waals surface area contributed by atoms with Crippen molar-refractivity contribution in [3.63, 3.8) is 0 Å². The van der Waals surface area contributed by atoms with E-state index in [9.17, 15) is 14.4 Å². The zero-order valence-electron chi connectivity index (χ0n) is 14.4. The van der Waals surface area contributed by atoms with Crippen LogP contribution in [0.4, 0.5) is 5.69 Å². The summed E-state index contributed by atoms with van der Waals surface area (Å²) in [5.41, 5.74) is -0.0283. The van der Waals surface area contributed by atoms with Crippen molar-refractivity contribution >= 4 is 44.7 Å². The average molecular weight is 416 g/mol. The average Bonchev–Trinajstić information content (AvgIpc) is 3.34. The molecule has 28 heavy (non-hydrogen) atoms. The number of benzene rings is 1. The molecule has 7 nitrogen and oxygen atoms in total. The maximum Gasteiger partial charge on any atom is 0.332 e. The van der Waals surface area contributed by atoms with Crippen molar-refractivity contribution < 1.29 is 9.21 Å². The number of carbonyl (C=O) groups is 1. The molecule has 1 N–H and O–H groups in total. The number of aromatic nitrogens is 2. The molecular formula is C19H14ClN3O4S. The Labute approximate surface area is 167 Å². The first kappa shape index (κ1) is 18.3. The first-order valence-electron chi connectivity index (χ1n) is 8.31. The first-order chi connectivity index (χ1) is 13.5. The quantitative estimate of drug-likeness (QED) is 0.542. The van der Waals surface area contributed by atoms with E-state index in [0.717, 1.165) is 4.57 Å². The fourth-order valence-corrected chi connectivity index (χ4v) is 3.93. The van der Waals surface area contributed by atoms with E-state index < -0.39 is 17.2 Å². The van der Waals surface area contributed by atoms with Crippen LogP contribution < -0.4 is 16.6 Å². The van der Waals surface area contributed by atoms with Gasteiger partial charge in [-0.05, 0) is 41.8 Å². The third kappa shape index (κ3) is 3.51. The van der Waals surface area contributed by atoms with Crippen LogP contribution in [0.2, 0.25) is 5.02 Å². The molecule has 1 amide bonds. The van der Waals surface area contributed by atoms with Gasteiger partial charge in [-0.1, -0.05) is 17.7 Å². The van der Waals surface area contributed by atoms with Gasteiger partial charge in [-0.3, -0.25) is 18.7 Å². The van der Waals surface area contributed by atoms with Crippen molar-refractivity contribution in [1.82, 2.24) is 9.13 Å². The topological polar surface area (TPSA) is 86.2 Å². The number of furan rings is 1. The van der Waals surface area contributed by atoms with Crippen LogP contribution in [0.1, 0.15) is 5.76 Å². The Balaban J connectivity index is 1.72. The molecule has 3 aromatic heterocycles. The maximum atomic E-state index is 13.0. The van der Waals surface area contributed by atoms with Crippen LogP contribution in [-0.2, 0) is 17.9 Å². The third-order valence-electron chi connectivity index (χ3n) is 4.14. The number of halogens is 1. The molecule has 3 heterocycles. The van der Waals surface area contributed by atoms with Crippen molar-refractivity contribution in [3.05, 3.63) is 85.7 Å². The molecule has 1 aromatic carbocycles. The summed E-state index contributed by atoms with van der Waals surface area (Å²) < 4.78 is 8.02. The number of nitrogens with one attached hydrogen (secondary N) is 1. The van der Waals surface area contributed by atoms with Crippen molar-refractivity contribution in [2.24, 2.45) is 0 Å². The van der Waals surface area contributed by atoms with Gasteiger partial charge < -0.3 is 9.73 Å². The second-order valence-corrected chi connectivity index (χ2v) is 7.39. The Morgan fingerprint density at radius 3 is 2.75 bits per heavy atom. The number of rotatable bonds is 5. The molecule has 0 bridgehead atoms. The summed E-state index contributed by atoms with van der Waals surface area (Å²) in [7, 11) is 0. The zero-order valence-corrected chi connectivity index (χ0v) is 16.0. The maximum absolute atomic E-state index is 13.0. The van der Waals surface area contributed by atoms with Gasteiger partial charge in [0, 0.05) is 10.7 Å². The second kappa shape index (κ2) is 7.49. The molecule has 0 spiro atoms. The normalized spacial score (nSPS) is 11.0. The number of hydrogen-bond donors (Lipinski definition) is 1. The number of anilines is 1. The molecule has 142 valence electrons. The van der Waals surface area contributed by atoms with Crippen LogP contribution >= 0.6 is 22.9 Å². The molecule has 4 rings (SSSR count). The van der Waals surface area contributed by atoms with E-state index in [1.165, 1.54) is 22.2 Å². The first-order valence-corrected chi connectivity index (χ1v) is 9.57. The van der Waals surface area contributed by atoms with Crippen LogP contribution in [-0.4, -0.2) is 15.0 Å². The summed E-state index contributed by atoms with van der Waals surface area (Å²) in [4.78, 5) is 38.2. The molecule has 4 aromatic rings. The van der Waals surface area contributed by atoms with E-state index in [2.05, 4.69) is 5.32 Å². The van der Waals surface area contributed by atoms with Gasteiger partial charge in [-0.25, -0.2) is 4.79 Å². The highest BCUT2D eigenvalue weighted by molar-refractivity contribution is 7.17. The smallest absolute Gasteiger partial charge is 0.332 e. The number of nitrogens with zero attached hydrogens (tertiary/aromatic N) is 2. The van der Waals surface area contributed by atoms with E-state index in [1.807, 2.05) is 0 Å². The second-order valence-electron chi connectivity index (χ2n) is 6.03. The minimum atomic E-state index is -0.575. The molecule has 9 heteroatoms. The van der Waals surface area contributed by atoms with Crippen LogP contribution in [0.25, 0.3) is 10.2 Å². The Morgan fingerprint density at radius 1 is 1.14 bits per heavy atom. The summed E-state index contributed by atoms with van der Waals surface area (Å²) >= 11 is 7.15. The molecule has 0 atom stereocenters. The predicted octanol–water partition coefficient (Wildman–Crippen LogP) is 3.16. The molecule has 0 aliphatic heterocycles. The molecule has 0 saturated carbocycles. The lowest BCUT2D eigenvalue weighted by atomic mass is 10.3. The number of thiophene rings is 1. The Kier molecular flexibility index (Phi) is 4.89. The minimum absolute atomic E-state index is 0.00554. The fraction of sp³-hybridized carbons (Fsp3) is 0.105. The number of fused-ring (bicyclic) bond motifs is 1. The van der Waals surface area contributed by atoms with Gasteiger partial charge in [0.05, 0.1) is 18.3 Å². The lowest BCUT2D eigenvalue weighted by Gasteiger charge is -2.12. The standard InChI is InChI=1S/C19H14ClN3O4S/c20-12-3-1-4-13(9-12)21-16(24)11-22-15-6-8-28-17(15)18(25)23(19(22)26)10-14-5-2-7-27-14/h1-9H,10-11H2,(H,21,24). The highest BCUT2D eigenvalue weighted by Crippen LogP contribution is 2.17. The summed E-state index contributed by atoms with van der Waals surface area (Å²) in [6, 6.07) is 11.7. The molecular weight excluding hydrogens is 402 g/mol. The van der Waals surface area contributed by atoms with Crippen LogP contribution in [0.15, 0.2) is 68.1 Å². The minimum Gasteiger partial charge on any atom is -0.467 e. The Morgan fingerprint density at radius 2 is 2.00 bits per heavy atom. The Bertz CT molecular complexity index is 1270. The van der Waals surface area contributed by atoms with E-state index >= 15 is 0 Å². The summed E-state index contributed by atoms with van der Waals surface area (Å²) in [6.45, 7) is -0.245. The van der Waals surface area contributed by atoms with Gasteiger partial charge in [0.15, 0.2) is 0 Å². The van der Waals surface area contributed by atoms with Crippen molar-refractivity contribution in [3.8, 4) is 0 Å². The van der Waals surface area contributed by atoms with E-state index in [4.69, 9.17) is 16.0 Å². The van der Waals surface area contributed by atoms with E-state index in [-0.39, 0.29) is 13.1 Å². The van der Waals surface area contributed by atoms with Gasteiger partial charge in [-0.15, -0.1) is 11.3 Å². The lowest BCUT2D eigenvalue weighted by Crippen LogP contribution is -2.41. The van der Waals surface area contributed by atoms with Crippen LogP contribution in [0.3, 0.4) is 0 Å². The monoisotopic (exact) mass is 415 g/mol. The largest absolute Gasteiger partial charge is 0.467 e. The van der Waals surface area contributed by atoms with Gasteiger partial charge in [0.1, 0.15) is 17.0 Å². The van der Waals surface area contributed by atoms with Gasteiger partial charge in [-0.2, -0.15) is 0 Å². The number of amides is 1. The molecule has 0 fully saturated rings. The van der Waals surface area contributed by atoms with Crippen molar-refractivity contribution in [1.29, 1.82) is 0 Å². The number of carbonyl (C=O) groups excluding carboxylic acids is 1. The SMILES string of the molecule is O=C(Cn1c(=O)n(Cc2ccco2)c(=O)c2sccc21)Nc1cccc(Cl)c1. The Hall–Kier alpha value is -3.10. The highest BCUT2D eigenvalue weighted by atomic mass is 35.5. The zero-order chi connectivity index (χ0) is 19.7. The lowest BCUT2D eigenvalue weighted by molar-refractivity contribution is -0.116. The van der Waals surface area contributed by atoms with Gasteiger partial charge in [0.25, 0.3) is 5.56 Å². The van der Waals surface area contributed by atoms with E-state index in [1.54, 1.807) is 47.8 Å². The molecule has 0 saturated heterocycles. The van der Waals surface area contributed by atoms with Crippen LogP contribution in [0.5, 0.6) is 0 Å². The predicted molar refractivity (Wildman–Crippen MR) is 108 cm³/mol. The summed E-state index contributed by atoms with van der Waals surface area (Å²) in [5.74, 6) is 0.0742. The molecule has 0 radical (unpaired) electrons.